The van der Waals surface area contributed by atoms with Crippen molar-refractivity contribution in [1.82, 2.24) is 4.90 Å². The van der Waals surface area contributed by atoms with Crippen LogP contribution in [0.1, 0.15) is 20.3 Å². The maximum absolute atomic E-state index is 11.4. The molecular weight excluding hydrogens is 186 g/mol. The summed E-state index contributed by atoms with van der Waals surface area (Å²) in [6.45, 7) is 4.12. The van der Waals surface area contributed by atoms with E-state index in [2.05, 4.69) is 0 Å². The van der Waals surface area contributed by atoms with Crippen LogP contribution in [0.4, 0.5) is 0 Å². The summed E-state index contributed by atoms with van der Waals surface area (Å²) in [6, 6.07) is 0. The van der Waals surface area contributed by atoms with Crippen LogP contribution in [0.15, 0.2) is 0 Å². The molecule has 0 fully saturated rings. The molecule has 2 unspecified atom stereocenters. The fourth-order valence-electron chi connectivity index (χ4n) is 1.02. The summed E-state index contributed by atoms with van der Waals surface area (Å²) in [5.41, 5.74) is 0. The Balaban J connectivity index is 3.85. The summed E-state index contributed by atoms with van der Waals surface area (Å²) in [5.74, 6) is 0.134. The van der Waals surface area contributed by atoms with Gasteiger partial charge in [0, 0.05) is 26.0 Å². The first-order chi connectivity index (χ1) is 5.99. The van der Waals surface area contributed by atoms with Crippen LogP contribution < -0.4 is 0 Å². The Morgan fingerprint density at radius 3 is 2.38 bits per heavy atom. The zero-order valence-corrected chi connectivity index (χ0v) is 9.60. The molecule has 0 saturated carbocycles. The van der Waals surface area contributed by atoms with Crippen molar-refractivity contribution in [2.24, 2.45) is 0 Å². The van der Waals surface area contributed by atoms with Gasteiger partial charge in [0.1, 0.15) is 0 Å². The number of aliphatic hydroxyl groups excluding tert-OH is 1. The molecule has 0 aromatic rings. The van der Waals surface area contributed by atoms with Crippen LogP contribution in [0.25, 0.3) is 0 Å². The number of amides is 1. The summed E-state index contributed by atoms with van der Waals surface area (Å²) in [6.07, 6.45) is 0.746. The van der Waals surface area contributed by atoms with Crippen LogP contribution in [0.3, 0.4) is 0 Å². The Morgan fingerprint density at radius 1 is 1.46 bits per heavy atom. The van der Waals surface area contributed by atoms with E-state index in [0.717, 1.165) is 6.42 Å². The van der Waals surface area contributed by atoms with Gasteiger partial charge in [0.05, 0.1) is 5.25 Å². The van der Waals surface area contributed by atoms with E-state index in [1.54, 1.807) is 30.8 Å². The number of carbonyl (C=O) groups is 1. The molecular formula is C9H19NO2S. The van der Waals surface area contributed by atoms with Crippen LogP contribution >= 0.6 is 11.8 Å². The predicted molar refractivity (Wildman–Crippen MR) is 56.9 cm³/mol. The lowest BCUT2D eigenvalue weighted by molar-refractivity contribution is -0.127. The minimum atomic E-state index is -0.0171. The van der Waals surface area contributed by atoms with E-state index in [0.29, 0.717) is 5.25 Å². The highest BCUT2D eigenvalue weighted by atomic mass is 32.2. The molecule has 0 aromatic heterocycles. The van der Waals surface area contributed by atoms with Gasteiger partial charge < -0.3 is 10.0 Å². The minimum Gasteiger partial charge on any atom is -0.396 e. The Bertz CT molecular complexity index is 162. The topological polar surface area (TPSA) is 40.5 Å². The molecule has 0 heterocycles. The normalized spacial score (nSPS) is 15.2. The highest BCUT2D eigenvalue weighted by molar-refractivity contribution is 8.01. The van der Waals surface area contributed by atoms with Gasteiger partial charge in [-0.2, -0.15) is 0 Å². The van der Waals surface area contributed by atoms with Crippen LogP contribution in [0.2, 0.25) is 0 Å². The van der Waals surface area contributed by atoms with Crippen molar-refractivity contribution in [3.8, 4) is 0 Å². The van der Waals surface area contributed by atoms with Crippen molar-refractivity contribution in [2.45, 2.75) is 30.8 Å². The number of aliphatic hydroxyl groups is 1. The third kappa shape index (κ3) is 5.16. The van der Waals surface area contributed by atoms with Crippen molar-refractivity contribution in [3.63, 3.8) is 0 Å². The van der Waals surface area contributed by atoms with Gasteiger partial charge in [-0.3, -0.25) is 4.79 Å². The Labute approximate surface area is 84.5 Å². The van der Waals surface area contributed by atoms with E-state index in [1.165, 1.54) is 0 Å². The number of hydrogen-bond acceptors (Lipinski definition) is 3. The predicted octanol–water partition coefficient (Wildman–Crippen LogP) is 0.967. The zero-order chi connectivity index (χ0) is 10.4. The number of nitrogens with zero attached hydrogens (tertiary/aromatic N) is 1. The lowest BCUT2D eigenvalue weighted by atomic mass is 10.3. The molecule has 0 aromatic carbocycles. The quantitative estimate of drug-likeness (QED) is 0.727. The van der Waals surface area contributed by atoms with Crippen LogP contribution in [0, 0.1) is 0 Å². The molecule has 0 spiro atoms. The van der Waals surface area contributed by atoms with E-state index in [4.69, 9.17) is 5.11 Å². The van der Waals surface area contributed by atoms with Crippen molar-refractivity contribution in [3.05, 3.63) is 0 Å². The summed E-state index contributed by atoms with van der Waals surface area (Å²) in [7, 11) is 3.52. The first-order valence-corrected chi connectivity index (χ1v) is 5.40. The standard InChI is InChI=1S/C9H19NO2S/c1-7(5-6-11)13-8(2)9(12)10(3)4/h7-8,11H,5-6H2,1-4H3. The maximum atomic E-state index is 11.4. The van der Waals surface area contributed by atoms with Crippen molar-refractivity contribution in [2.75, 3.05) is 20.7 Å². The van der Waals surface area contributed by atoms with E-state index in [9.17, 15) is 4.79 Å². The van der Waals surface area contributed by atoms with Gasteiger partial charge in [-0.05, 0) is 13.3 Å². The number of rotatable bonds is 5. The molecule has 1 N–H and O–H groups in total. The van der Waals surface area contributed by atoms with E-state index < -0.39 is 0 Å². The highest BCUT2D eigenvalue weighted by Gasteiger charge is 2.17. The van der Waals surface area contributed by atoms with E-state index >= 15 is 0 Å². The monoisotopic (exact) mass is 205 g/mol. The molecule has 0 aliphatic rings. The Hall–Kier alpha value is -0.220. The molecule has 0 bridgehead atoms. The second-order valence-electron chi connectivity index (χ2n) is 3.33. The molecule has 0 radical (unpaired) electrons. The summed E-state index contributed by atoms with van der Waals surface area (Å²) in [5, 5.41) is 9.01. The van der Waals surface area contributed by atoms with Crippen LogP contribution in [-0.4, -0.2) is 47.1 Å². The van der Waals surface area contributed by atoms with Crippen LogP contribution in [0.5, 0.6) is 0 Å². The number of carbonyl (C=O) groups excluding carboxylic acids is 1. The summed E-state index contributed by atoms with van der Waals surface area (Å²) >= 11 is 1.61. The van der Waals surface area contributed by atoms with Gasteiger partial charge >= 0.3 is 0 Å². The maximum Gasteiger partial charge on any atom is 0.234 e. The van der Waals surface area contributed by atoms with Crippen LogP contribution in [-0.2, 0) is 4.79 Å². The van der Waals surface area contributed by atoms with Gasteiger partial charge in [0.15, 0.2) is 0 Å². The van der Waals surface area contributed by atoms with Crippen molar-refractivity contribution >= 4 is 17.7 Å². The highest BCUT2D eigenvalue weighted by Crippen LogP contribution is 2.20. The second-order valence-corrected chi connectivity index (χ2v) is 5.12. The first-order valence-electron chi connectivity index (χ1n) is 4.46. The smallest absolute Gasteiger partial charge is 0.234 e. The third-order valence-electron chi connectivity index (χ3n) is 1.76. The van der Waals surface area contributed by atoms with Gasteiger partial charge in [-0.25, -0.2) is 0 Å². The molecule has 0 aliphatic heterocycles. The number of thioether (sulfide) groups is 1. The van der Waals surface area contributed by atoms with E-state index in [1.807, 2.05) is 13.8 Å². The fourth-order valence-corrected chi connectivity index (χ4v) is 2.29. The average molecular weight is 205 g/mol. The lowest BCUT2D eigenvalue weighted by Crippen LogP contribution is -2.30. The molecule has 1 amide bonds. The van der Waals surface area contributed by atoms with Gasteiger partial charge in [-0.15, -0.1) is 11.8 Å². The molecule has 3 nitrogen and oxygen atoms in total. The third-order valence-corrected chi connectivity index (χ3v) is 3.07. The zero-order valence-electron chi connectivity index (χ0n) is 8.78. The van der Waals surface area contributed by atoms with Gasteiger partial charge in [0.2, 0.25) is 5.91 Å². The van der Waals surface area contributed by atoms with Gasteiger partial charge in [0.25, 0.3) is 0 Å². The SMILES string of the molecule is CC(CCO)SC(C)C(=O)N(C)C. The first kappa shape index (κ1) is 12.8. The van der Waals surface area contributed by atoms with E-state index in [-0.39, 0.29) is 17.8 Å². The van der Waals surface area contributed by atoms with Crippen molar-refractivity contribution < 1.29 is 9.90 Å². The minimum absolute atomic E-state index is 0.0171. The summed E-state index contributed by atoms with van der Waals surface area (Å²) < 4.78 is 0. The lowest BCUT2D eigenvalue weighted by Gasteiger charge is -2.19. The second kappa shape index (κ2) is 6.27. The Kier molecular flexibility index (Phi) is 6.16. The Morgan fingerprint density at radius 2 is 2.00 bits per heavy atom. The van der Waals surface area contributed by atoms with Gasteiger partial charge in [-0.1, -0.05) is 6.92 Å². The summed E-state index contributed by atoms with van der Waals surface area (Å²) in [4.78, 5) is 13.0. The fraction of sp³-hybridized carbons (Fsp3) is 0.889. The molecule has 0 saturated heterocycles. The molecule has 0 aliphatic carbocycles. The number of hydrogen-bond donors (Lipinski definition) is 1. The molecule has 78 valence electrons. The largest absolute Gasteiger partial charge is 0.396 e. The molecule has 0 rings (SSSR count). The van der Waals surface area contributed by atoms with Crippen molar-refractivity contribution in [1.29, 1.82) is 0 Å². The average Bonchev–Trinajstić information content (AvgIpc) is 2.03. The molecule has 13 heavy (non-hydrogen) atoms. The molecule has 2 atom stereocenters. The molecule has 4 heteroatoms.